The molecule has 0 unspecified atom stereocenters. The second-order valence-electron chi connectivity index (χ2n) is 3.00. The first-order valence-corrected chi connectivity index (χ1v) is 4.78. The van der Waals surface area contributed by atoms with Gasteiger partial charge in [0, 0.05) is 18.7 Å². The van der Waals surface area contributed by atoms with Gasteiger partial charge in [-0.2, -0.15) is 0 Å². The van der Waals surface area contributed by atoms with Gasteiger partial charge in [-0.15, -0.1) is 0 Å². The third-order valence-corrected chi connectivity index (χ3v) is 1.91. The van der Waals surface area contributed by atoms with Crippen LogP contribution in [0, 0.1) is 10.1 Å². The molecule has 0 saturated carbocycles. The fourth-order valence-corrected chi connectivity index (χ4v) is 1.10. The highest BCUT2D eigenvalue weighted by Crippen LogP contribution is 2.27. The molecular weight excluding hydrogens is 230 g/mol. The van der Waals surface area contributed by atoms with Gasteiger partial charge < -0.3 is 14.6 Å². The number of hydrogen-bond donors (Lipinski definition) is 1. The summed E-state index contributed by atoms with van der Waals surface area (Å²) in [5.74, 6) is -1.30. The summed E-state index contributed by atoms with van der Waals surface area (Å²) in [5, 5.41) is 19.4. The molecule has 0 fully saturated rings. The van der Waals surface area contributed by atoms with Crippen LogP contribution in [0.1, 0.15) is 17.3 Å². The Labute approximate surface area is 96.7 Å². The fraction of sp³-hybridized carbons (Fsp3) is 0.300. The molecule has 0 atom stereocenters. The zero-order valence-corrected chi connectivity index (χ0v) is 9.08. The van der Waals surface area contributed by atoms with E-state index in [1.807, 2.05) is 0 Å². The molecule has 0 bridgehead atoms. The lowest BCUT2D eigenvalue weighted by Crippen LogP contribution is -2.06. The summed E-state index contributed by atoms with van der Waals surface area (Å²) in [5.41, 5.74) is -0.378. The highest BCUT2D eigenvalue weighted by atomic mass is 16.7. The van der Waals surface area contributed by atoms with Gasteiger partial charge in [0.05, 0.1) is 10.5 Å². The third kappa shape index (κ3) is 3.42. The topological polar surface area (TPSA) is 98.9 Å². The predicted octanol–water partition coefficient (Wildman–Crippen LogP) is 1.67. The smallest absolute Gasteiger partial charge is 0.335 e. The summed E-state index contributed by atoms with van der Waals surface area (Å²) in [6, 6.07) is 3.33. The lowest BCUT2D eigenvalue weighted by Gasteiger charge is -2.07. The molecule has 0 heterocycles. The quantitative estimate of drug-likeness (QED) is 0.352. The minimum absolute atomic E-state index is 0.0814. The highest BCUT2D eigenvalue weighted by Gasteiger charge is 2.17. The van der Waals surface area contributed by atoms with E-state index in [2.05, 4.69) is 0 Å². The van der Waals surface area contributed by atoms with Crippen LogP contribution in [0.3, 0.4) is 0 Å². The molecule has 92 valence electrons. The monoisotopic (exact) mass is 241 g/mol. The zero-order chi connectivity index (χ0) is 12.8. The van der Waals surface area contributed by atoms with Crippen LogP contribution in [0.4, 0.5) is 5.69 Å². The summed E-state index contributed by atoms with van der Waals surface area (Å²) < 4.78 is 9.88. The van der Waals surface area contributed by atoms with Gasteiger partial charge in [0.25, 0.3) is 0 Å². The van der Waals surface area contributed by atoms with E-state index in [1.165, 1.54) is 0 Å². The second kappa shape index (κ2) is 5.80. The Balaban J connectivity index is 2.98. The summed E-state index contributed by atoms with van der Waals surface area (Å²) in [4.78, 5) is 20.7. The minimum atomic E-state index is -1.18. The first kappa shape index (κ1) is 12.9. The number of ether oxygens (including phenoxy) is 2. The molecule has 0 aromatic heterocycles. The van der Waals surface area contributed by atoms with Gasteiger partial charge in [-0.3, -0.25) is 10.1 Å². The van der Waals surface area contributed by atoms with Crippen molar-refractivity contribution in [2.45, 2.75) is 6.92 Å². The van der Waals surface area contributed by atoms with Crippen molar-refractivity contribution in [3.8, 4) is 5.75 Å². The lowest BCUT2D eigenvalue weighted by atomic mass is 10.2. The normalized spacial score (nSPS) is 9.94. The van der Waals surface area contributed by atoms with Gasteiger partial charge in [-0.25, -0.2) is 4.79 Å². The predicted molar refractivity (Wildman–Crippen MR) is 57.2 cm³/mol. The summed E-state index contributed by atoms with van der Waals surface area (Å²) in [6.45, 7) is 1.97. The first-order valence-electron chi connectivity index (χ1n) is 4.78. The van der Waals surface area contributed by atoms with Crippen molar-refractivity contribution in [3.05, 3.63) is 33.9 Å². The number of nitrogens with zero attached hydrogens (tertiary/aromatic N) is 1. The van der Waals surface area contributed by atoms with Gasteiger partial charge in [0.2, 0.25) is 5.75 Å². The van der Waals surface area contributed by atoms with Crippen LogP contribution in [0.5, 0.6) is 5.75 Å². The standard InChI is InChI=1S/C10H11NO6/c1-2-16-6-17-9-5-7(10(12)13)3-4-8(9)11(14)15/h3-5H,2,6H2,1H3,(H,12,13). The van der Waals surface area contributed by atoms with Crippen molar-refractivity contribution in [1.82, 2.24) is 0 Å². The molecule has 0 amide bonds. The van der Waals surface area contributed by atoms with Crippen molar-refractivity contribution in [3.63, 3.8) is 0 Å². The van der Waals surface area contributed by atoms with Crippen molar-refractivity contribution in [2.75, 3.05) is 13.4 Å². The van der Waals surface area contributed by atoms with E-state index in [0.717, 1.165) is 18.2 Å². The minimum Gasteiger partial charge on any atom is -0.478 e. The Morgan fingerprint density at radius 2 is 2.24 bits per heavy atom. The molecule has 1 aromatic rings. The average Bonchev–Trinajstić information content (AvgIpc) is 2.28. The van der Waals surface area contributed by atoms with Crippen LogP contribution in [0.15, 0.2) is 18.2 Å². The van der Waals surface area contributed by atoms with Crippen LogP contribution in [0.25, 0.3) is 0 Å². The lowest BCUT2D eigenvalue weighted by molar-refractivity contribution is -0.386. The largest absolute Gasteiger partial charge is 0.478 e. The van der Waals surface area contributed by atoms with E-state index in [4.69, 9.17) is 14.6 Å². The number of hydrogen-bond acceptors (Lipinski definition) is 5. The van der Waals surface area contributed by atoms with Crippen molar-refractivity contribution < 1.29 is 24.3 Å². The Kier molecular flexibility index (Phi) is 4.41. The number of benzene rings is 1. The molecule has 0 aliphatic heterocycles. The SMILES string of the molecule is CCOCOc1cc(C(=O)O)ccc1[N+](=O)[O-]. The van der Waals surface area contributed by atoms with E-state index in [-0.39, 0.29) is 23.8 Å². The molecule has 0 spiro atoms. The number of nitro benzene ring substituents is 1. The van der Waals surface area contributed by atoms with E-state index in [1.54, 1.807) is 6.92 Å². The van der Waals surface area contributed by atoms with Gasteiger partial charge >= 0.3 is 11.7 Å². The molecule has 1 N–H and O–H groups in total. The number of carboxylic acid groups (broad SMARTS) is 1. The zero-order valence-electron chi connectivity index (χ0n) is 9.08. The average molecular weight is 241 g/mol. The maximum absolute atomic E-state index is 10.7. The first-order chi connectivity index (χ1) is 8.06. The molecule has 0 radical (unpaired) electrons. The van der Waals surface area contributed by atoms with E-state index < -0.39 is 10.9 Å². The Morgan fingerprint density at radius 3 is 2.76 bits per heavy atom. The molecular formula is C10H11NO6. The van der Waals surface area contributed by atoms with E-state index in [9.17, 15) is 14.9 Å². The number of nitro groups is 1. The van der Waals surface area contributed by atoms with Crippen LogP contribution in [-0.2, 0) is 4.74 Å². The van der Waals surface area contributed by atoms with E-state index >= 15 is 0 Å². The molecule has 0 aliphatic carbocycles. The van der Waals surface area contributed by atoms with Gasteiger partial charge in [0.1, 0.15) is 0 Å². The van der Waals surface area contributed by atoms with Crippen LogP contribution in [0.2, 0.25) is 0 Å². The summed E-state index contributed by atoms with van der Waals surface area (Å²) in [6.07, 6.45) is 0. The fourth-order valence-electron chi connectivity index (χ4n) is 1.10. The summed E-state index contributed by atoms with van der Waals surface area (Å²) >= 11 is 0. The molecule has 17 heavy (non-hydrogen) atoms. The van der Waals surface area contributed by atoms with Gasteiger partial charge in [-0.1, -0.05) is 0 Å². The number of carboxylic acids is 1. The molecule has 7 nitrogen and oxygen atoms in total. The van der Waals surface area contributed by atoms with E-state index in [0.29, 0.717) is 6.61 Å². The van der Waals surface area contributed by atoms with Crippen molar-refractivity contribution in [1.29, 1.82) is 0 Å². The number of aromatic carboxylic acids is 1. The van der Waals surface area contributed by atoms with Crippen LogP contribution >= 0.6 is 0 Å². The molecule has 7 heteroatoms. The van der Waals surface area contributed by atoms with Crippen molar-refractivity contribution in [2.24, 2.45) is 0 Å². The summed E-state index contributed by atoms with van der Waals surface area (Å²) in [7, 11) is 0. The molecule has 1 rings (SSSR count). The van der Waals surface area contributed by atoms with Gasteiger partial charge in [-0.05, 0) is 13.0 Å². The third-order valence-electron chi connectivity index (χ3n) is 1.91. The van der Waals surface area contributed by atoms with Gasteiger partial charge in [0.15, 0.2) is 6.79 Å². The molecule has 0 aliphatic rings. The second-order valence-corrected chi connectivity index (χ2v) is 3.00. The van der Waals surface area contributed by atoms with Crippen molar-refractivity contribution >= 4 is 11.7 Å². The Hall–Kier alpha value is -2.15. The highest BCUT2D eigenvalue weighted by molar-refractivity contribution is 5.88. The molecule has 0 saturated heterocycles. The molecule has 1 aromatic carbocycles. The Bertz CT molecular complexity index is 431. The number of rotatable bonds is 6. The Morgan fingerprint density at radius 1 is 1.53 bits per heavy atom. The van der Waals surface area contributed by atoms with Crippen LogP contribution < -0.4 is 4.74 Å². The number of carbonyl (C=O) groups is 1. The maximum atomic E-state index is 10.7. The maximum Gasteiger partial charge on any atom is 0.335 e. The van der Waals surface area contributed by atoms with Crippen LogP contribution in [-0.4, -0.2) is 29.4 Å².